The monoisotopic (exact) mass is 418 g/mol. The van der Waals surface area contributed by atoms with Gasteiger partial charge >= 0.3 is 5.97 Å². The van der Waals surface area contributed by atoms with Gasteiger partial charge in [-0.15, -0.1) is 0 Å². The van der Waals surface area contributed by atoms with Gasteiger partial charge in [-0.1, -0.05) is 36.4 Å². The van der Waals surface area contributed by atoms with E-state index >= 15 is 0 Å². The third-order valence-corrected chi connectivity index (χ3v) is 4.14. The Labute approximate surface area is 143 Å². The normalized spacial score (nSPS) is 11.9. The van der Waals surface area contributed by atoms with E-state index in [1.807, 2.05) is 6.07 Å². The predicted molar refractivity (Wildman–Crippen MR) is 91.8 cm³/mol. The Morgan fingerprint density at radius 2 is 2.00 bits per heavy atom. The van der Waals surface area contributed by atoms with Gasteiger partial charge in [0.1, 0.15) is 19.0 Å². The molecule has 0 saturated heterocycles. The van der Waals surface area contributed by atoms with E-state index in [0.717, 1.165) is 26.7 Å². The fourth-order valence-corrected chi connectivity index (χ4v) is 3.09. The van der Waals surface area contributed by atoms with E-state index in [0.29, 0.717) is 18.1 Å². The zero-order valence-electron chi connectivity index (χ0n) is 12.5. The third kappa shape index (κ3) is 5.47. The number of benzene rings is 1. The molecule has 0 bridgehead atoms. The SMILES string of the molecule is C=C(C)C(=O)OCCOc1c(Br)cc(Br)cc1C(C)CC. The van der Waals surface area contributed by atoms with Gasteiger partial charge in [-0.3, -0.25) is 0 Å². The smallest absolute Gasteiger partial charge is 0.333 e. The summed E-state index contributed by atoms with van der Waals surface area (Å²) in [6, 6.07) is 4.01. The van der Waals surface area contributed by atoms with Crippen LogP contribution in [0.25, 0.3) is 0 Å². The van der Waals surface area contributed by atoms with Crippen LogP contribution in [0.3, 0.4) is 0 Å². The van der Waals surface area contributed by atoms with Crippen LogP contribution in [0.1, 0.15) is 38.7 Å². The lowest BCUT2D eigenvalue weighted by atomic mass is 9.98. The summed E-state index contributed by atoms with van der Waals surface area (Å²) in [5.74, 6) is 0.793. The van der Waals surface area contributed by atoms with Gasteiger partial charge < -0.3 is 9.47 Å². The minimum atomic E-state index is -0.393. The highest BCUT2D eigenvalue weighted by Gasteiger charge is 2.15. The molecule has 0 amide bonds. The van der Waals surface area contributed by atoms with Crippen LogP contribution < -0.4 is 4.74 Å². The van der Waals surface area contributed by atoms with Crippen molar-refractivity contribution < 1.29 is 14.3 Å². The van der Waals surface area contributed by atoms with Crippen LogP contribution in [0.5, 0.6) is 5.75 Å². The maximum absolute atomic E-state index is 11.3. The lowest BCUT2D eigenvalue weighted by Gasteiger charge is -2.18. The molecule has 0 radical (unpaired) electrons. The van der Waals surface area contributed by atoms with Crippen LogP contribution in [-0.4, -0.2) is 19.2 Å². The standard InChI is InChI=1S/C16H20Br2O3/c1-5-11(4)13-8-12(17)9-14(18)15(13)20-6-7-21-16(19)10(2)3/h8-9,11H,2,5-7H2,1,3-4H3. The van der Waals surface area contributed by atoms with Gasteiger partial charge in [0.2, 0.25) is 0 Å². The summed E-state index contributed by atoms with van der Waals surface area (Å²) in [6.07, 6.45) is 1.02. The average molecular weight is 420 g/mol. The maximum atomic E-state index is 11.3. The maximum Gasteiger partial charge on any atom is 0.333 e. The zero-order chi connectivity index (χ0) is 16.0. The van der Waals surface area contributed by atoms with E-state index in [4.69, 9.17) is 9.47 Å². The summed E-state index contributed by atoms with van der Waals surface area (Å²) in [6.45, 7) is 9.96. The second-order valence-corrected chi connectivity index (χ2v) is 6.65. The molecular weight excluding hydrogens is 400 g/mol. The summed E-state index contributed by atoms with van der Waals surface area (Å²) < 4.78 is 12.7. The number of ether oxygens (including phenoxy) is 2. The van der Waals surface area contributed by atoms with E-state index < -0.39 is 5.97 Å². The van der Waals surface area contributed by atoms with E-state index in [9.17, 15) is 4.79 Å². The van der Waals surface area contributed by atoms with Crippen LogP contribution in [0.2, 0.25) is 0 Å². The summed E-state index contributed by atoms with van der Waals surface area (Å²) in [5.41, 5.74) is 1.52. The molecule has 0 spiro atoms. The van der Waals surface area contributed by atoms with Gasteiger partial charge in [-0.25, -0.2) is 4.79 Å². The molecule has 0 N–H and O–H groups in total. The second-order valence-electron chi connectivity index (χ2n) is 4.88. The van der Waals surface area contributed by atoms with Crippen LogP contribution in [0.4, 0.5) is 0 Å². The summed E-state index contributed by atoms with van der Waals surface area (Å²) >= 11 is 7.02. The Morgan fingerprint density at radius 1 is 1.33 bits per heavy atom. The van der Waals surface area contributed by atoms with Crippen LogP contribution in [0.15, 0.2) is 33.2 Å². The Morgan fingerprint density at radius 3 is 2.57 bits per heavy atom. The molecule has 21 heavy (non-hydrogen) atoms. The summed E-state index contributed by atoms with van der Waals surface area (Å²) in [5, 5.41) is 0. The van der Waals surface area contributed by atoms with E-state index in [1.54, 1.807) is 6.92 Å². The molecule has 0 fully saturated rings. The van der Waals surface area contributed by atoms with E-state index in [1.165, 1.54) is 0 Å². The Bertz CT molecular complexity index is 526. The summed E-state index contributed by atoms with van der Waals surface area (Å²) in [4.78, 5) is 11.3. The number of carbonyl (C=O) groups is 1. The van der Waals surface area contributed by atoms with Crippen molar-refractivity contribution in [3.63, 3.8) is 0 Å². The molecule has 0 aliphatic rings. The number of halogens is 2. The molecule has 5 heteroatoms. The molecule has 1 atom stereocenters. The van der Waals surface area contributed by atoms with Gasteiger partial charge in [-0.2, -0.15) is 0 Å². The molecule has 0 aliphatic heterocycles. The highest BCUT2D eigenvalue weighted by molar-refractivity contribution is 9.11. The highest BCUT2D eigenvalue weighted by Crippen LogP contribution is 2.38. The van der Waals surface area contributed by atoms with Gasteiger partial charge in [0.15, 0.2) is 0 Å². The van der Waals surface area contributed by atoms with Crippen LogP contribution >= 0.6 is 31.9 Å². The molecule has 1 aromatic carbocycles. The first kappa shape index (κ1) is 18.2. The molecule has 0 aromatic heterocycles. The van der Waals surface area contributed by atoms with Gasteiger partial charge in [0.25, 0.3) is 0 Å². The van der Waals surface area contributed by atoms with Crippen molar-refractivity contribution in [1.82, 2.24) is 0 Å². The van der Waals surface area contributed by atoms with Gasteiger partial charge in [0, 0.05) is 10.0 Å². The largest absolute Gasteiger partial charge is 0.489 e. The summed E-state index contributed by atoms with van der Waals surface area (Å²) in [7, 11) is 0. The number of hydrogen-bond acceptors (Lipinski definition) is 3. The minimum absolute atomic E-state index is 0.203. The predicted octanol–water partition coefficient (Wildman–Crippen LogP) is 5.22. The van der Waals surface area contributed by atoms with Gasteiger partial charge in [-0.05, 0) is 52.9 Å². The van der Waals surface area contributed by atoms with Crippen molar-refractivity contribution >= 4 is 37.8 Å². The molecule has 1 rings (SSSR count). The lowest BCUT2D eigenvalue weighted by Crippen LogP contribution is -2.13. The fraction of sp³-hybridized carbons (Fsp3) is 0.438. The van der Waals surface area contributed by atoms with Crippen molar-refractivity contribution in [3.8, 4) is 5.75 Å². The third-order valence-electron chi connectivity index (χ3n) is 3.09. The molecule has 1 aromatic rings. The van der Waals surface area contributed by atoms with Crippen LogP contribution in [-0.2, 0) is 9.53 Å². The molecule has 116 valence electrons. The van der Waals surface area contributed by atoms with Crippen molar-refractivity contribution in [1.29, 1.82) is 0 Å². The Balaban J connectivity index is 2.74. The lowest BCUT2D eigenvalue weighted by molar-refractivity contribution is -0.139. The topological polar surface area (TPSA) is 35.5 Å². The van der Waals surface area contributed by atoms with Gasteiger partial charge in [0.05, 0.1) is 4.47 Å². The fourth-order valence-electron chi connectivity index (χ4n) is 1.72. The average Bonchev–Trinajstić information content (AvgIpc) is 2.43. The first-order valence-electron chi connectivity index (χ1n) is 6.81. The molecule has 0 saturated carbocycles. The quantitative estimate of drug-likeness (QED) is 0.345. The molecule has 0 heterocycles. The number of rotatable bonds is 7. The number of carbonyl (C=O) groups excluding carboxylic acids is 1. The Hall–Kier alpha value is -0.810. The van der Waals surface area contributed by atoms with E-state index in [2.05, 4.69) is 58.4 Å². The molecule has 1 unspecified atom stereocenters. The minimum Gasteiger partial charge on any atom is -0.489 e. The molecule has 0 aliphatic carbocycles. The second kappa shape index (κ2) is 8.59. The first-order valence-corrected chi connectivity index (χ1v) is 8.39. The van der Waals surface area contributed by atoms with Crippen molar-refractivity contribution in [2.24, 2.45) is 0 Å². The number of hydrogen-bond donors (Lipinski definition) is 0. The molecule has 3 nitrogen and oxygen atoms in total. The molecular formula is C16H20Br2O3. The van der Waals surface area contributed by atoms with Crippen molar-refractivity contribution in [2.75, 3.05) is 13.2 Å². The highest BCUT2D eigenvalue weighted by atomic mass is 79.9. The zero-order valence-corrected chi connectivity index (χ0v) is 15.7. The number of esters is 1. The van der Waals surface area contributed by atoms with Crippen molar-refractivity contribution in [3.05, 3.63) is 38.8 Å². The van der Waals surface area contributed by atoms with Crippen molar-refractivity contribution in [2.45, 2.75) is 33.1 Å². The first-order chi connectivity index (χ1) is 9.86. The Kier molecular flexibility index (Phi) is 7.46. The van der Waals surface area contributed by atoms with Crippen LogP contribution in [0, 0.1) is 0 Å². The van der Waals surface area contributed by atoms with E-state index in [-0.39, 0.29) is 6.61 Å².